The molecular weight excluding hydrogens is 448 g/mol. The molecule has 0 heterocycles. The lowest BCUT2D eigenvalue weighted by molar-refractivity contribution is -0.272. The Morgan fingerprint density at radius 3 is 1.78 bits per heavy atom. The average molecular weight is 509 g/mol. The van der Waals surface area contributed by atoms with Crippen molar-refractivity contribution in [3.63, 3.8) is 0 Å². The van der Waals surface area contributed by atoms with Gasteiger partial charge in [0.2, 0.25) is 0 Å². The zero-order chi connectivity index (χ0) is 26.1. The third kappa shape index (κ3) is 16.2. The molecule has 4 heteroatoms. The van der Waals surface area contributed by atoms with Gasteiger partial charge < -0.3 is 0 Å². The molecule has 0 spiro atoms. The second-order valence-corrected chi connectivity index (χ2v) is 10.8. The molecule has 0 radical (unpaired) electrons. The first-order valence-corrected chi connectivity index (χ1v) is 15.4. The zero-order valence-electron chi connectivity index (χ0n) is 24.4. The molecule has 3 unspecified atom stereocenters. The maximum atomic E-state index is 5.12. The van der Waals surface area contributed by atoms with Crippen LogP contribution in [0.5, 0.6) is 0 Å². The van der Waals surface area contributed by atoms with Crippen LogP contribution in [-0.4, -0.2) is 27.4 Å². The highest BCUT2D eigenvalue weighted by molar-refractivity contribution is 5.10. The fraction of sp³-hybridized carbons (Fsp3) is 0.875. The van der Waals surface area contributed by atoms with Crippen molar-refractivity contribution in [3.8, 4) is 0 Å². The summed E-state index contributed by atoms with van der Waals surface area (Å²) in [4.78, 5) is 19.6. The minimum atomic E-state index is 0.636. The number of hydrogen-bond donors (Lipinski definition) is 0. The molecule has 0 bridgehead atoms. The first-order valence-electron chi connectivity index (χ1n) is 15.4. The molecule has 1 aliphatic carbocycles. The van der Waals surface area contributed by atoms with E-state index < -0.39 is 0 Å². The van der Waals surface area contributed by atoms with E-state index in [0.717, 1.165) is 24.7 Å². The van der Waals surface area contributed by atoms with Gasteiger partial charge in [0.25, 0.3) is 0 Å². The molecule has 0 aromatic carbocycles. The van der Waals surface area contributed by atoms with Crippen LogP contribution in [0.25, 0.3) is 0 Å². The summed E-state index contributed by atoms with van der Waals surface area (Å²) in [6.07, 6.45) is 33.7. The van der Waals surface area contributed by atoms with E-state index in [2.05, 4.69) is 43.0 Å². The van der Waals surface area contributed by atoms with Crippen LogP contribution in [0.2, 0.25) is 0 Å². The molecule has 36 heavy (non-hydrogen) atoms. The third-order valence-corrected chi connectivity index (χ3v) is 7.90. The van der Waals surface area contributed by atoms with E-state index in [0.29, 0.717) is 25.0 Å². The molecule has 0 saturated heterocycles. The first kappa shape index (κ1) is 33.3. The van der Waals surface area contributed by atoms with Crippen molar-refractivity contribution < 1.29 is 19.6 Å². The number of allylic oxidation sites excluding steroid dienone is 3. The van der Waals surface area contributed by atoms with Crippen molar-refractivity contribution in [2.75, 3.05) is 27.4 Å². The van der Waals surface area contributed by atoms with Crippen molar-refractivity contribution in [2.24, 2.45) is 23.7 Å². The predicted octanol–water partition coefficient (Wildman–Crippen LogP) is 9.79. The number of rotatable bonds is 25. The smallest absolute Gasteiger partial charge is 0.0856 e. The molecule has 212 valence electrons. The van der Waals surface area contributed by atoms with Crippen LogP contribution >= 0.6 is 0 Å². The van der Waals surface area contributed by atoms with Crippen molar-refractivity contribution in [1.82, 2.24) is 0 Å². The summed E-state index contributed by atoms with van der Waals surface area (Å²) in [7, 11) is 3.18. The normalized spacial score (nSPS) is 22.1. The number of hydrogen-bond acceptors (Lipinski definition) is 4. The van der Waals surface area contributed by atoms with E-state index in [1.807, 2.05) is 0 Å². The van der Waals surface area contributed by atoms with Crippen LogP contribution in [-0.2, 0) is 19.6 Å². The lowest BCUT2D eigenvalue weighted by Gasteiger charge is -2.39. The highest BCUT2D eigenvalue weighted by Crippen LogP contribution is 2.42. The van der Waals surface area contributed by atoms with Gasteiger partial charge in [-0.15, -0.1) is 0 Å². The summed E-state index contributed by atoms with van der Waals surface area (Å²) >= 11 is 0. The van der Waals surface area contributed by atoms with Gasteiger partial charge in [0.05, 0.1) is 27.4 Å². The van der Waals surface area contributed by atoms with Gasteiger partial charge in [0, 0.05) is 0 Å². The van der Waals surface area contributed by atoms with Gasteiger partial charge in [-0.3, -0.25) is 0 Å². The molecule has 0 amide bonds. The van der Waals surface area contributed by atoms with Gasteiger partial charge in [-0.1, -0.05) is 122 Å². The second-order valence-electron chi connectivity index (χ2n) is 10.8. The van der Waals surface area contributed by atoms with Crippen molar-refractivity contribution in [1.29, 1.82) is 0 Å². The monoisotopic (exact) mass is 508 g/mol. The van der Waals surface area contributed by atoms with Crippen molar-refractivity contribution in [3.05, 3.63) is 24.3 Å². The molecule has 0 fully saturated rings. The molecule has 0 aliphatic heterocycles. The standard InChI is InChI=1S/C32H60O4/c1-5-7-9-15-21-29-25-26-30(22-16-13-11-12-14-19-27-35-33-3)32(24-18-20-28-36-34-4)31(29)23-17-10-8-6-2/h18,24-26,29-32H,5-17,19-23,27-28H2,1-4H3/t29?,30-,31?,32?/m1/s1. The Hall–Kier alpha value is -0.680. The summed E-state index contributed by atoms with van der Waals surface area (Å²) in [5, 5.41) is 0. The van der Waals surface area contributed by atoms with E-state index in [4.69, 9.17) is 14.7 Å². The highest BCUT2D eigenvalue weighted by atomic mass is 17.2. The fourth-order valence-electron chi connectivity index (χ4n) is 5.85. The molecule has 0 aromatic heterocycles. The summed E-state index contributed by atoms with van der Waals surface area (Å²) < 4.78 is 0. The lowest BCUT2D eigenvalue weighted by atomic mass is 9.66. The Morgan fingerprint density at radius 2 is 1.11 bits per heavy atom. The molecular formula is C32H60O4. The maximum Gasteiger partial charge on any atom is 0.0856 e. The van der Waals surface area contributed by atoms with Gasteiger partial charge in [-0.25, -0.2) is 19.6 Å². The Morgan fingerprint density at radius 1 is 0.583 bits per heavy atom. The zero-order valence-corrected chi connectivity index (χ0v) is 24.4. The molecule has 4 nitrogen and oxygen atoms in total. The van der Waals surface area contributed by atoms with Gasteiger partial charge in [0.15, 0.2) is 0 Å². The van der Waals surface area contributed by atoms with Gasteiger partial charge in [0.1, 0.15) is 0 Å². The molecule has 0 saturated carbocycles. The molecule has 4 atom stereocenters. The summed E-state index contributed by atoms with van der Waals surface area (Å²) in [5.74, 6) is 2.89. The van der Waals surface area contributed by atoms with Gasteiger partial charge in [-0.2, -0.15) is 0 Å². The average Bonchev–Trinajstić information content (AvgIpc) is 2.89. The number of unbranched alkanes of at least 4 members (excludes halogenated alkanes) is 11. The Bertz CT molecular complexity index is 518. The predicted molar refractivity (Wildman–Crippen MR) is 153 cm³/mol. The highest BCUT2D eigenvalue weighted by Gasteiger charge is 2.33. The van der Waals surface area contributed by atoms with E-state index in [1.165, 1.54) is 103 Å². The first-order chi connectivity index (χ1) is 17.8. The molecule has 0 aromatic rings. The minimum Gasteiger partial charge on any atom is -0.240 e. The largest absolute Gasteiger partial charge is 0.240 e. The van der Waals surface area contributed by atoms with E-state index in [9.17, 15) is 0 Å². The summed E-state index contributed by atoms with van der Waals surface area (Å²) in [6.45, 7) is 5.98. The molecule has 1 rings (SSSR count). The maximum absolute atomic E-state index is 5.12. The third-order valence-electron chi connectivity index (χ3n) is 7.90. The minimum absolute atomic E-state index is 0.636. The van der Waals surface area contributed by atoms with Crippen LogP contribution in [0.15, 0.2) is 24.3 Å². The van der Waals surface area contributed by atoms with Crippen LogP contribution < -0.4 is 0 Å². The van der Waals surface area contributed by atoms with Crippen molar-refractivity contribution in [2.45, 2.75) is 129 Å². The van der Waals surface area contributed by atoms with Crippen LogP contribution in [0.1, 0.15) is 129 Å². The lowest BCUT2D eigenvalue weighted by Crippen LogP contribution is -2.31. The summed E-state index contributed by atoms with van der Waals surface area (Å²) in [6, 6.07) is 0. The fourth-order valence-corrected chi connectivity index (χ4v) is 5.85. The second kappa shape index (κ2) is 24.6. The Balaban J connectivity index is 2.71. The summed E-state index contributed by atoms with van der Waals surface area (Å²) in [5.41, 5.74) is 0. The van der Waals surface area contributed by atoms with E-state index in [-0.39, 0.29) is 0 Å². The van der Waals surface area contributed by atoms with Gasteiger partial charge >= 0.3 is 0 Å². The van der Waals surface area contributed by atoms with Crippen LogP contribution in [0, 0.1) is 23.7 Å². The Kier molecular flexibility index (Phi) is 22.8. The van der Waals surface area contributed by atoms with Crippen molar-refractivity contribution >= 4 is 0 Å². The molecule has 1 aliphatic rings. The Labute approximate surface area is 224 Å². The molecule has 0 N–H and O–H groups in total. The van der Waals surface area contributed by atoms with Crippen LogP contribution in [0.4, 0.5) is 0 Å². The van der Waals surface area contributed by atoms with Gasteiger partial charge in [-0.05, 0) is 55.8 Å². The SMILES string of the molecule is CCCCCCC1C=C[C@@H](CCCCCCCCOOC)C(C=CCCOOC)C1CCCCCC. The van der Waals surface area contributed by atoms with Crippen LogP contribution in [0.3, 0.4) is 0 Å². The quantitative estimate of drug-likeness (QED) is 0.0532. The van der Waals surface area contributed by atoms with E-state index >= 15 is 0 Å². The topological polar surface area (TPSA) is 36.9 Å². The van der Waals surface area contributed by atoms with E-state index in [1.54, 1.807) is 14.2 Å².